The van der Waals surface area contributed by atoms with E-state index in [0.29, 0.717) is 23.6 Å². The van der Waals surface area contributed by atoms with Gasteiger partial charge in [-0.2, -0.15) is 12.0 Å². The van der Waals surface area contributed by atoms with Crippen LogP contribution < -0.4 is 11.2 Å². The van der Waals surface area contributed by atoms with Crippen LogP contribution in [0.25, 0.3) is 0 Å². The van der Waals surface area contributed by atoms with Crippen LogP contribution in [0, 0.1) is 13.8 Å². The first-order valence-corrected chi connectivity index (χ1v) is 12.4. The molecule has 5 rings (SSSR count). The predicted molar refractivity (Wildman–Crippen MR) is 136 cm³/mol. The maximum Gasteiger partial charge on any atom is 0.333 e. The van der Waals surface area contributed by atoms with Gasteiger partial charge >= 0.3 is 5.69 Å². The summed E-state index contributed by atoms with van der Waals surface area (Å²) in [4.78, 5) is 34.7. The number of aliphatic hydroxyl groups excluding tert-OH is 2. The number of carbonyl (C=O) groups excluding carboxylic acids is 1. The van der Waals surface area contributed by atoms with Gasteiger partial charge in [0.15, 0.2) is 6.23 Å². The molecule has 0 bridgehead atoms. The van der Waals surface area contributed by atoms with Crippen LogP contribution in [-0.4, -0.2) is 81.5 Å². The Labute approximate surface area is 256 Å². The molecule has 2 fully saturated rings. The number of hydrogen-bond donors (Lipinski definition) is 2. The Bertz CT molecular complexity index is 1330. The van der Waals surface area contributed by atoms with Crippen molar-refractivity contribution < 1.29 is 57.2 Å². The second kappa shape index (κ2) is 16.0. The van der Waals surface area contributed by atoms with Crippen molar-refractivity contribution in [2.75, 3.05) is 13.7 Å². The normalized spacial score (nSPS) is 21.8. The molecular formula is C24H34N8O7Y-2. The van der Waals surface area contributed by atoms with Gasteiger partial charge in [-0.15, -0.1) is 5.10 Å². The summed E-state index contributed by atoms with van der Waals surface area (Å²) in [6.07, 6.45) is 7.10. The molecule has 1 radical (unpaired) electrons. The molecule has 3 aromatic rings. The summed E-state index contributed by atoms with van der Waals surface area (Å²) in [5.41, 5.74) is 0.408. The molecule has 3 aromatic heterocycles. The van der Waals surface area contributed by atoms with Gasteiger partial charge in [0, 0.05) is 64.6 Å². The van der Waals surface area contributed by atoms with Crippen LogP contribution in [0.15, 0.2) is 28.2 Å². The minimum atomic E-state index is -0.814. The molecule has 16 heteroatoms. The zero-order chi connectivity index (χ0) is 28.5. The topological polar surface area (TPSA) is 181 Å². The summed E-state index contributed by atoms with van der Waals surface area (Å²) in [7, 11) is 1.00. The molecule has 5 heterocycles. The van der Waals surface area contributed by atoms with E-state index in [1.54, 1.807) is 24.0 Å². The molecule has 2 N–H and O–H groups in total. The molecule has 0 amide bonds. The minimum absolute atomic E-state index is 0. The van der Waals surface area contributed by atoms with Gasteiger partial charge in [0.25, 0.3) is 5.56 Å². The molecule has 217 valence electrons. The van der Waals surface area contributed by atoms with E-state index in [9.17, 15) is 14.7 Å². The van der Waals surface area contributed by atoms with Crippen molar-refractivity contribution in [1.29, 1.82) is 0 Å². The number of ether oxygens (including phenoxy) is 2. The van der Waals surface area contributed by atoms with E-state index in [1.165, 1.54) is 28.7 Å². The first kappa shape index (κ1) is 33.6. The van der Waals surface area contributed by atoms with Gasteiger partial charge in [0.2, 0.25) is 0 Å². The van der Waals surface area contributed by atoms with E-state index in [4.69, 9.17) is 19.4 Å². The molecule has 0 spiro atoms. The number of aromatic nitrogens is 8. The summed E-state index contributed by atoms with van der Waals surface area (Å²) in [5, 5.41) is 33.5. The first-order valence-electron chi connectivity index (χ1n) is 12.4. The minimum Gasteiger partial charge on any atom is -0.542 e. The number of rotatable bonds is 6. The summed E-state index contributed by atoms with van der Waals surface area (Å²) in [5.74, 6) is 0. The third-order valence-corrected chi connectivity index (χ3v) is 6.16. The molecule has 0 saturated carbocycles. The summed E-state index contributed by atoms with van der Waals surface area (Å²) in [6.45, 7) is 7.56. The standard InChI is InChI=1S/C21H27N8O5.C2H3O.CH4O.Y/c1-13-8-27(19-7-16(30)17(34-19)12-26-9-14(2)22-24-26)21(32)28(20(13)31)10-15-11-29(25-23-15)18-5-3-4-6-33-18;1-2-3;1-2;/h8-9,11,16-19,30H,2-7,10,12H2,1H3;1H3;2H,1H3;/q2*-1;;/t16?,17-,18?,19-;;;/m1.../s1. The molecule has 4 atom stereocenters. The maximum absolute atomic E-state index is 13.3. The van der Waals surface area contributed by atoms with Gasteiger partial charge in [0.1, 0.15) is 18.0 Å². The van der Waals surface area contributed by atoms with E-state index in [0.717, 1.165) is 30.9 Å². The molecule has 2 aliphatic rings. The van der Waals surface area contributed by atoms with Crippen molar-refractivity contribution in [2.45, 2.75) is 77.3 Å². The van der Waals surface area contributed by atoms with Crippen LogP contribution >= 0.6 is 0 Å². The van der Waals surface area contributed by atoms with Gasteiger partial charge < -0.3 is 29.2 Å². The zero-order valence-corrected chi connectivity index (χ0v) is 25.6. The maximum atomic E-state index is 13.3. The first-order chi connectivity index (χ1) is 18.8. The van der Waals surface area contributed by atoms with Crippen LogP contribution in [0.1, 0.15) is 62.0 Å². The quantitative estimate of drug-likeness (QED) is 0.334. The number of nitrogens with zero attached hydrogens (tertiary/aromatic N) is 8. The van der Waals surface area contributed by atoms with Gasteiger partial charge in [-0.05, 0) is 26.2 Å². The zero-order valence-electron chi connectivity index (χ0n) is 22.8. The van der Waals surface area contributed by atoms with E-state index >= 15 is 0 Å². The Kier molecular flexibility index (Phi) is 13.5. The molecular weight excluding hydrogens is 601 g/mol. The van der Waals surface area contributed by atoms with Gasteiger partial charge in [-0.3, -0.25) is 20.2 Å². The second-order valence-electron chi connectivity index (χ2n) is 8.97. The number of hydrogen-bond acceptors (Lipinski definition) is 11. The van der Waals surface area contributed by atoms with Crippen LogP contribution in [0.3, 0.4) is 0 Å². The third kappa shape index (κ3) is 8.24. The monoisotopic (exact) mass is 635 g/mol. The van der Waals surface area contributed by atoms with E-state index < -0.39 is 29.7 Å². The summed E-state index contributed by atoms with van der Waals surface area (Å²) >= 11 is 0. The molecule has 2 saturated heterocycles. The predicted octanol–water partition coefficient (Wildman–Crippen LogP) is -0.498. The molecule has 2 unspecified atom stereocenters. The average Bonchev–Trinajstić information content (AvgIpc) is 3.67. The number of aliphatic hydroxyl groups is 2. The Morgan fingerprint density at radius 2 is 1.85 bits per heavy atom. The van der Waals surface area contributed by atoms with Crippen LogP contribution in [0.4, 0.5) is 0 Å². The van der Waals surface area contributed by atoms with Gasteiger partial charge in [-0.1, -0.05) is 22.3 Å². The van der Waals surface area contributed by atoms with Crippen molar-refractivity contribution in [3.63, 3.8) is 0 Å². The molecule has 0 aromatic carbocycles. The van der Waals surface area contributed by atoms with Gasteiger partial charge in [-0.25, -0.2) is 16.4 Å². The fraction of sp³-hybridized carbons (Fsp3) is 0.583. The van der Waals surface area contributed by atoms with Crippen molar-refractivity contribution in [3.8, 4) is 0 Å². The van der Waals surface area contributed by atoms with E-state index in [2.05, 4.69) is 27.5 Å². The van der Waals surface area contributed by atoms with Crippen LogP contribution in [-0.2, 0) is 60.1 Å². The Hall–Kier alpha value is -2.56. The molecule has 15 nitrogen and oxygen atoms in total. The fourth-order valence-corrected chi connectivity index (χ4v) is 4.39. The average molecular weight is 635 g/mol. The Morgan fingerprint density at radius 1 is 1.12 bits per heavy atom. The van der Waals surface area contributed by atoms with Crippen molar-refractivity contribution in [2.24, 2.45) is 0 Å². The summed E-state index contributed by atoms with van der Waals surface area (Å²) < 4.78 is 17.3. The fourth-order valence-electron chi connectivity index (χ4n) is 4.39. The van der Waals surface area contributed by atoms with E-state index in [1.807, 2.05) is 0 Å². The molecule has 2 aliphatic heterocycles. The second-order valence-corrected chi connectivity index (χ2v) is 8.97. The van der Waals surface area contributed by atoms with Crippen molar-refractivity contribution in [3.05, 3.63) is 63.3 Å². The third-order valence-electron chi connectivity index (χ3n) is 6.16. The van der Waals surface area contributed by atoms with Crippen molar-refractivity contribution in [1.82, 2.24) is 39.1 Å². The van der Waals surface area contributed by atoms with Crippen LogP contribution in [0.5, 0.6) is 0 Å². The molecule has 0 aliphatic carbocycles. The van der Waals surface area contributed by atoms with E-state index in [-0.39, 0.29) is 58.4 Å². The van der Waals surface area contributed by atoms with Gasteiger partial charge in [0.05, 0.1) is 25.4 Å². The number of aryl methyl sites for hydroxylation is 1. The SMILES string of the molecule is CO.C[C-]=O.[CH2-]c1cn(C[C@H]2O[C@@H](n3cc(C)c(=O)n(Cc4cn(C5CCCCO5)nn4)c3=O)CC2O)nn1.[Y]. The Morgan fingerprint density at radius 3 is 2.48 bits per heavy atom. The largest absolute Gasteiger partial charge is 0.542 e. The van der Waals surface area contributed by atoms with Crippen LogP contribution in [0.2, 0.25) is 0 Å². The van der Waals surface area contributed by atoms with Crippen molar-refractivity contribution >= 4 is 6.29 Å². The Balaban J connectivity index is 0.000000877. The smallest absolute Gasteiger partial charge is 0.333 e. The molecule has 40 heavy (non-hydrogen) atoms. The summed E-state index contributed by atoms with van der Waals surface area (Å²) in [6, 6.07) is 0.